The number of hydrogen-bond acceptors (Lipinski definition) is 7. The molecule has 0 unspecified atom stereocenters. The molecule has 1 aromatic carbocycles. The van der Waals surface area contributed by atoms with Gasteiger partial charge in [-0.05, 0) is 52.7 Å². The van der Waals surface area contributed by atoms with Crippen LogP contribution in [0, 0.1) is 17.8 Å². The van der Waals surface area contributed by atoms with E-state index < -0.39 is 53.5 Å². The molecule has 1 aromatic rings. The molecule has 0 heterocycles. The molecule has 3 N–H and O–H groups in total. The quantitative estimate of drug-likeness (QED) is 0.379. The third-order valence-corrected chi connectivity index (χ3v) is 4.92. The molecule has 4 atom stereocenters. The summed E-state index contributed by atoms with van der Waals surface area (Å²) in [5.74, 6) is -2.93. The zero-order chi connectivity index (χ0) is 24.6. The maximum Gasteiger partial charge on any atom is 0.408 e. The molecule has 1 aliphatic carbocycles. The maximum atomic E-state index is 12.6. The van der Waals surface area contributed by atoms with Crippen LogP contribution >= 0.6 is 0 Å². The van der Waals surface area contributed by atoms with E-state index in [-0.39, 0.29) is 19.8 Å². The van der Waals surface area contributed by atoms with Crippen LogP contribution in [0.15, 0.2) is 30.3 Å². The zero-order valence-corrected chi connectivity index (χ0v) is 19.7. The van der Waals surface area contributed by atoms with Crippen molar-refractivity contribution in [2.45, 2.75) is 46.3 Å². The molecule has 2 rings (SSSR count). The van der Waals surface area contributed by atoms with Gasteiger partial charge in [0.1, 0.15) is 11.6 Å². The molecule has 1 aliphatic rings. The van der Waals surface area contributed by atoms with Crippen LogP contribution in [0.25, 0.3) is 0 Å². The molecule has 0 saturated heterocycles. The standard InChI is InChI=1S/C23H33N3O7/c1-6-31-19(27)17-15(13-24-21(29)25-14-11-9-8-10-12-14)16(17)18(20(28)32-7-2)26-22(30)33-23(3,4)5/h8-12,15-18H,6-7,13H2,1-5H3,(H,26,30)(H2,24,25,29)/t15-,16+,17+,18+/m0/s1. The Kier molecular flexibility index (Phi) is 9.07. The number of urea groups is 1. The van der Waals surface area contributed by atoms with Gasteiger partial charge >= 0.3 is 24.1 Å². The van der Waals surface area contributed by atoms with Crippen molar-refractivity contribution < 1.29 is 33.4 Å². The van der Waals surface area contributed by atoms with Crippen molar-refractivity contribution in [3.63, 3.8) is 0 Å². The highest BCUT2D eigenvalue weighted by atomic mass is 16.6. The summed E-state index contributed by atoms with van der Waals surface area (Å²) >= 11 is 0. The highest BCUT2D eigenvalue weighted by Gasteiger charge is 2.61. The Bertz CT molecular complexity index is 838. The molecule has 10 nitrogen and oxygen atoms in total. The van der Waals surface area contributed by atoms with Gasteiger partial charge in [-0.1, -0.05) is 18.2 Å². The summed E-state index contributed by atoms with van der Waals surface area (Å²) < 4.78 is 15.5. The molecule has 0 aromatic heterocycles. The highest BCUT2D eigenvalue weighted by Crippen LogP contribution is 2.49. The van der Waals surface area contributed by atoms with Gasteiger partial charge in [0, 0.05) is 18.2 Å². The van der Waals surface area contributed by atoms with Gasteiger partial charge in [0.2, 0.25) is 0 Å². The molecule has 0 radical (unpaired) electrons. The van der Waals surface area contributed by atoms with E-state index in [9.17, 15) is 19.2 Å². The SMILES string of the molecule is CCOC(=O)[C@@H]1[C@@H](CNC(=O)Nc2ccccc2)[C@H]1[C@@H](NC(=O)OC(C)(C)C)C(=O)OCC. The molecular formula is C23H33N3O7. The van der Waals surface area contributed by atoms with Gasteiger partial charge in [-0.2, -0.15) is 0 Å². The molecule has 3 amide bonds. The largest absolute Gasteiger partial charge is 0.466 e. The molecule has 10 heteroatoms. The molecule has 33 heavy (non-hydrogen) atoms. The second kappa shape index (κ2) is 11.5. The van der Waals surface area contributed by atoms with Gasteiger partial charge in [-0.3, -0.25) is 4.79 Å². The van der Waals surface area contributed by atoms with Crippen LogP contribution in [0.5, 0.6) is 0 Å². The maximum absolute atomic E-state index is 12.6. The van der Waals surface area contributed by atoms with Crippen LogP contribution in [-0.4, -0.2) is 55.5 Å². The lowest BCUT2D eigenvalue weighted by Gasteiger charge is -2.23. The number of para-hydroxylation sites is 1. The first-order chi connectivity index (χ1) is 15.6. The Balaban J connectivity index is 2.11. The predicted octanol–water partition coefficient (Wildman–Crippen LogP) is 2.69. The molecule has 182 valence electrons. The summed E-state index contributed by atoms with van der Waals surface area (Å²) in [6, 6.07) is 7.30. The normalized spacial score (nSPS) is 20.1. The zero-order valence-electron chi connectivity index (χ0n) is 19.7. The first-order valence-corrected chi connectivity index (χ1v) is 11.0. The number of carbonyl (C=O) groups excluding carboxylic acids is 4. The number of nitrogens with one attached hydrogen (secondary N) is 3. The van der Waals surface area contributed by atoms with Gasteiger partial charge in [0.05, 0.1) is 19.1 Å². The van der Waals surface area contributed by atoms with Crippen LogP contribution in [0.1, 0.15) is 34.6 Å². The summed E-state index contributed by atoms with van der Waals surface area (Å²) in [7, 11) is 0. The number of esters is 2. The predicted molar refractivity (Wildman–Crippen MR) is 120 cm³/mol. The molecule has 1 saturated carbocycles. The molecule has 0 spiro atoms. The van der Waals surface area contributed by atoms with Crippen LogP contribution in [0.4, 0.5) is 15.3 Å². The van der Waals surface area contributed by atoms with Crippen molar-refractivity contribution in [3.8, 4) is 0 Å². The third kappa shape index (κ3) is 7.96. The molecule has 0 bridgehead atoms. The van der Waals surface area contributed by atoms with Crippen LogP contribution in [0.3, 0.4) is 0 Å². The highest BCUT2D eigenvalue weighted by molar-refractivity contribution is 5.89. The van der Waals surface area contributed by atoms with Crippen molar-refractivity contribution in [2.24, 2.45) is 17.8 Å². The summed E-state index contributed by atoms with van der Waals surface area (Å²) in [6.45, 7) is 8.78. The van der Waals surface area contributed by atoms with E-state index in [0.717, 1.165) is 0 Å². The van der Waals surface area contributed by atoms with E-state index in [1.54, 1.807) is 58.9 Å². The summed E-state index contributed by atoms with van der Waals surface area (Å²) in [5, 5.41) is 7.94. The second-order valence-electron chi connectivity index (χ2n) is 8.60. The first kappa shape index (κ1) is 26.0. The van der Waals surface area contributed by atoms with Crippen molar-refractivity contribution in [3.05, 3.63) is 30.3 Å². The van der Waals surface area contributed by atoms with Gasteiger partial charge in [0.25, 0.3) is 0 Å². The van der Waals surface area contributed by atoms with Crippen molar-refractivity contribution in [1.29, 1.82) is 0 Å². The third-order valence-electron chi connectivity index (χ3n) is 4.92. The van der Waals surface area contributed by atoms with Crippen LogP contribution < -0.4 is 16.0 Å². The van der Waals surface area contributed by atoms with Crippen molar-refractivity contribution in [1.82, 2.24) is 10.6 Å². The Morgan fingerprint density at radius 2 is 1.64 bits per heavy atom. The summed E-state index contributed by atoms with van der Waals surface area (Å²) in [6.07, 6.45) is -0.802. The minimum absolute atomic E-state index is 0.0960. The lowest BCUT2D eigenvalue weighted by atomic mass is 10.1. The topological polar surface area (TPSA) is 132 Å². The Morgan fingerprint density at radius 3 is 2.21 bits per heavy atom. The average Bonchev–Trinajstić information content (AvgIpc) is 3.44. The summed E-state index contributed by atoms with van der Waals surface area (Å²) in [4.78, 5) is 49.8. The van der Waals surface area contributed by atoms with E-state index >= 15 is 0 Å². The van der Waals surface area contributed by atoms with Gasteiger partial charge in [0.15, 0.2) is 0 Å². The van der Waals surface area contributed by atoms with E-state index in [1.165, 1.54) is 0 Å². The monoisotopic (exact) mass is 463 g/mol. The van der Waals surface area contributed by atoms with E-state index in [4.69, 9.17) is 14.2 Å². The number of amides is 3. The molecular weight excluding hydrogens is 430 g/mol. The van der Waals surface area contributed by atoms with Crippen molar-refractivity contribution in [2.75, 3.05) is 25.1 Å². The second-order valence-corrected chi connectivity index (χ2v) is 8.60. The molecule has 1 fully saturated rings. The van der Waals surface area contributed by atoms with Crippen molar-refractivity contribution >= 4 is 29.8 Å². The number of benzene rings is 1. The van der Waals surface area contributed by atoms with E-state index in [1.807, 2.05) is 6.07 Å². The lowest BCUT2D eigenvalue weighted by molar-refractivity contribution is -0.147. The van der Waals surface area contributed by atoms with Crippen LogP contribution in [0.2, 0.25) is 0 Å². The van der Waals surface area contributed by atoms with E-state index in [0.29, 0.717) is 5.69 Å². The van der Waals surface area contributed by atoms with Gasteiger partial charge < -0.3 is 30.2 Å². The number of hydrogen-bond donors (Lipinski definition) is 3. The number of rotatable bonds is 9. The van der Waals surface area contributed by atoms with Crippen LogP contribution in [-0.2, 0) is 23.8 Å². The van der Waals surface area contributed by atoms with Gasteiger partial charge in [-0.25, -0.2) is 14.4 Å². The minimum Gasteiger partial charge on any atom is -0.466 e. The van der Waals surface area contributed by atoms with Gasteiger partial charge in [-0.15, -0.1) is 0 Å². The fraction of sp³-hybridized carbons (Fsp3) is 0.565. The Hall–Kier alpha value is -3.30. The summed E-state index contributed by atoms with van der Waals surface area (Å²) in [5.41, 5.74) is -0.163. The smallest absolute Gasteiger partial charge is 0.408 e. The Morgan fingerprint density at radius 1 is 1.00 bits per heavy atom. The minimum atomic E-state index is -1.13. The fourth-order valence-corrected chi connectivity index (χ4v) is 3.57. The number of carbonyl (C=O) groups is 4. The molecule has 0 aliphatic heterocycles. The lowest BCUT2D eigenvalue weighted by Crippen LogP contribution is -2.46. The average molecular weight is 464 g/mol. The van der Waals surface area contributed by atoms with E-state index in [2.05, 4.69) is 16.0 Å². The number of anilines is 1. The first-order valence-electron chi connectivity index (χ1n) is 11.0. The number of alkyl carbamates (subject to hydrolysis) is 1. The fourth-order valence-electron chi connectivity index (χ4n) is 3.57. The Labute approximate surface area is 193 Å². The number of ether oxygens (including phenoxy) is 3.